The molecule has 0 spiro atoms. The third-order valence-corrected chi connectivity index (χ3v) is 7.02. The van der Waals surface area contributed by atoms with Crippen molar-refractivity contribution >= 4 is 23.3 Å². The minimum atomic E-state index is -0.0622. The third-order valence-electron chi connectivity index (χ3n) is 7.02. The molecule has 2 amide bonds. The molecule has 0 radical (unpaired) electrons. The molecule has 1 saturated heterocycles. The van der Waals surface area contributed by atoms with Gasteiger partial charge in [0.25, 0.3) is 5.91 Å². The van der Waals surface area contributed by atoms with Crippen LogP contribution in [0, 0.1) is 6.92 Å². The average molecular weight is 471 g/mol. The van der Waals surface area contributed by atoms with E-state index < -0.39 is 0 Å². The van der Waals surface area contributed by atoms with Crippen LogP contribution < -0.4 is 9.80 Å². The molecule has 2 aromatic heterocycles. The first kappa shape index (κ1) is 23.0. The highest BCUT2D eigenvalue weighted by Crippen LogP contribution is 2.28. The van der Waals surface area contributed by atoms with Gasteiger partial charge in [-0.25, -0.2) is 9.97 Å². The quantitative estimate of drug-likeness (QED) is 0.581. The summed E-state index contributed by atoms with van der Waals surface area (Å²) in [5.41, 5.74) is 4.65. The maximum absolute atomic E-state index is 13.2. The van der Waals surface area contributed by atoms with Crippen LogP contribution in [0.3, 0.4) is 0 Å². The van der Waals surface area contributed by atoms with E-state index in [9.17, 15) is 9.59 Å². The maximum Gasteiger partial charge on any atom is 0.272 e. The summed E-state index contributed by atoms with van der Waals surface area (Å²) >= 11 is 0. The second kappa shape index (κ2) is 9.82. The van der Waals surface area contributed by atoms with Crippen molar-refractivity contribution in [1.82, 2.24) is 19.9 Å². The maximum atomic E-state index is 13.2. The minimum absolute atomic E-state index is 0.0255. The molecule has 35 heavy (non-hydrogen) atoms. The molecule has 1 aromatic carbocycles. The van der Waals surface area contributed by atoms with Crippen LogP contribution in [0.1, 0.15) is 47.1 Å². The monoisotopic (exact) mass is 470 g/mol. The van der Waals surface area contributed by atoms with Gasteiger partial charge in [0.1, 0.15) is 17.8 Å². The lowest BCUT2D eigenvalue weighted by atomic mass is 9.99. The summed E-state index contributed by atoms with van der Waals surface area (Å²) in [4.78, 5) is 44.8. The van der Waals surface area contributed by atoms with Gasteiger partial charge in [0.15, 0.2) is 0 Å². The number of pyridine rings is 1. The first-order valence-electron chi connectivity index (χ1n) is 12.2. The van der Waals surface area contributed by atoms with E-state index >= 15 is 0 Å². The number of amides is 2. The Kier molecular flexibility index (Phi) is 6.44. The van der Waals surface area contributed by atoms with Crippen molar-refractivity contribution in [3.63, 3.8) is 0 Å². The summed E-state index contributed by atoms with van der Waals surface area (Å²) in [5, 5.41) is 0. The van der Waals surface area contributed by atoms with Crippen molar-refractivity contribution in [3.05, 3.63) is 77.5 Å². The molecule has 0 unspecified atom stereocenters. The van der Waals surface area contributed by atoms with Crippen LogP contribution in [0.15, 0.2) is 55.0 Å². The number of rotatable bonds is 4. The molecule has 1 fully saturated rings. The number of hydrogen-bond acceptors (Lipinski definition) is 6. The van der Waals surface area contributed by atoms with Crippen LogP contribution >= 0.6 is 0 Å². The number of hydrogen-bond donors (Lipinski definition) is 0. The zero-order chi connectivity index (χ0) is 24.4. The molecular formula is C27H30N6O2. The fourth-order valence-electron chi connectivity index (χ4n) is 5.17. The Bertz CT molecular complexity index is 1240. The highest BCUT2D eigenvalue weighted by Gasteiger charge is 2.30. The zero-order valence-electron chi connectivity index (χ0n) is 20.2. The van der Waals surface area contributed by atoms with Crippen LogP contribution in [0.5, 0.6) is 0 Å². The molecule has 8 nitrogen and oxygen atoms in total. The number of anilines is 2. The SMILES string of the molecule is CC(=O)N(c1cccnc1C)C1CCN(c2cc(C(=O)N3CCc4ccccc4C3)ncn2)CC1. The number of fused-ring (bicyclic) bond motifs is 1. The number of carbonyl (C=O) groups excluding carboxylic acids is 2. The summed E-state index contributed by atoms with van der Waals surface area (Å²) in [6, 6.07) is 14.0. The molecule has 2 aliphatic rings. The van der Waals surface area contributed by atoms with Gasteiger partial charge in [-0.05, 0) is 49.4 Å². The van der Waals surface area contributed by atoms with Gasteiger partial charge >= 0.3 is 0 Å². The molecule has 5 rings (SSSR count). The molecule has 3 aromatic rings. The minimum Gasteiger partial charge on any atom is -0.356 e. The predicted molar refractivity (Wildman–Crippen MR) is 134 cm³/mol. The van der Waals surface area contributed by atoms with Crippen molar-refractivity contribution in [2.45, 2.75) is 45.7 Å². The van der Waals surface area contributed by atoms with Gasteiger partial charge in [0.2, 0.25) is 5.91 Å². The normalized spacial score (nSPS) is 16.1. The molecule has 0 aliphatic carbocycles. The molecule has 0 N–H and O–H groups in total. The van der Waals surface area contributed by atoms with Crippen molar-refractivity contribution in [3.8, 4) is 0 Å². The number of aryl methyl sites for hydroxylation is 1. The fraction of sp³-hybridized carbons (Fsp3) is 0.370. The summed E-state index contributed by atoms with van der Waals surface area (Å²) in [5.74, 6) is 0.719. The molecule has 0 saturated carbocycles. The standard InChI is InChI=1S/C27H30N6O2/c1-19-25(8-5-12-28-19)33(20(2)34)23-10-14-31(15-11-23)26-16-24(29-18-30-26)27(35)32-13-9-21-6-3-4-7-22(21)17-32/h3-8,12,16,18,23H,9-11,13-15,17H2,1-2H3. The highest BCUT2D eigenvalue weighted by molar-refractivity contribution is 5.93. The van der Waals surface area contributed by atoms with E-state index in [2.05, 4.69) is 32.0 Å². The van der Waals surface area contributed by atoms with E-state index in [1.807, 2.05) is 41.0 Å². The molecule has 8 heteroatoms. The number of piperidine rings is 1. The number of benzene rings is 1. The van der Waals surface area contributed by atoms with E-state index in [1.165, 1.54) is 17.5 Å². The Balaban J connectivity index is 1.27. The lowest BCUT2D eigenvalue weighted by molar-refractivity contribution is -0.117. The molecule has 180 valence electrons. The average Bonchev–Trinajstić information content (AvgIpc) is 2.89. The van der Waals surface area contributed by atoms with Gasteiger partial charge in [-0.2, -0.15) is 0 Å². The summed E-state index contributed by atoms with van der Waals surface area (Å²) in [6.07, 6.45) is 5.70. The van der Waals surface area contributed by atoms with Crippen molar-refractivity contribution in [2.75, 3.05) is 29.4 Å². The van der Waals surface area contributed by atoms with E-state index in [-0.39, 0.29) is 17.9 Å². The van der Waals surface area contributed by atoms with E-state index in [0.717, 1.165) is 49.6 Å². The smallest absolute Gasteiger partial charge is 0.272 e. The van der Waals surface area contributed by atoms with Crippen molar-refractivity contribution in [2.24, 2.45) is 0 Å². The van der Waals surface area contributed by atoms with E-state index in [4.69, 9.17) is 0 Å². The third kappa shape index (κ3) is 4.73. The van der Waals surface area contributed by atoms with Crippen LogP contribution in [-0.2, 0) is 17.8 Å². The van der Waals surface area contributed by atoms with Gasteiger partial charge in [-0.1, -0.05) is 24.3 Å². The first-order chi connectivity index (χ1) is 17.0. The zero-order valence-corrected chi connectivity index (χ0v) is 20.2. The Labute approximate surface area is 205 Å². The van der Waals surface area contributed by atoms with Crippen molar-refractivity contribution < 1.29 is 9.59 Å². The number of aromatic nitrogens is 3. The molecule has 2 aliphatic heterocycles. The Morgan fingerprint density at radius 2 is 1.74 bits per heavy atom. The largest absolute Gasteiger partial charge is 0.356 e. The van der Waals surface area contributed by atoms with Gasteiger partial charge < -0.3 is 14.7 Å². The summed E-state index contributed by atoms with van der Waals surface area (Å²) < 4.78 is 0. The highest BCUT2D eigenvalue weighted by atomic mass is 16.2. The molecule has 4 heterocycles. The molecule has 0 bridgehead atoms. The van der Waals surface area contributed by atoms with Crippen molar-refractivity contribution in [1.29, 1.82) is 0 Å². The molecular weight excluding hydrogens is 440 g/mol. The Morgan fingerprint density at radius 3 is 2.49 bits per heavy atom. The Hall–Kier alpha value is -3.81. The van der Waals surface area contributed by atoms with Gasteiger partial charge in [0, 0.05) is 51.4 Å². The Morgan fingerprint density at radius 1 is 0.971 bits per heavy atom. The second-order valence-corrected chi connectivity index (χ2v) is 9.22. The summed E-state index contributed by atoms with van der Waals surface area (Å²) in [7, 11) is 0. The number of carbonyl (C=O) groups is 2. The van der Waals surface area contributed by atoms with E-state index in [0.29, 0.717) is 18.8 Å². The lowest BCUT2D eigenvalue weighted by Crippen LogP contribution is -2.47. The van der Waals surface area contributed by atoms with Crippen LogP contribution in [0.4, 0.5) is 11.5 Å². The number of nitrogens with zero attached hydrogens (tertiary/aromatic N) is 6. The summed E-state index contributed by atoms with van der Waals surface area (Å²) in [6.45, 7) is 6.33. The predicted octanol–water partition coefficient (Wildman–Crippen LogP) is 3.40. The van der Waals surface area contributed by atoms with Crippen LogP contribution in [0.2, 0.25) is 0 Å². The van der Waals surface area contributed by atoms with Gasteiger partial charge in [-0.15, -0.1) is 0 Å². The molecule has 0 atom stereocenters. The first-order valence-corrected chi connectivity index (χ1v) is 12.2. The van der Waals surface area contributed by atoms with Crippen LogP contribution in [0.25, 0.3) is 0 Å². The topological polar surface area (TPSA) is 82.5 Å². The second-order valence-electron chi connectivity index (χ2n) is 9.22. The van der Waals surface area contributed by atoms with E-state index in [1.54, 1.807) is 19.2 Å². The van der Waals surface area contributed by atoms with Crippen LogP contribution in [-0.4, -0.2) is 57.3 Å². The lowest BCUT2D eigenvalue weighted by Gasteiger charge is -2.39. The van der Waals surface area contributed by atoms with Gasteiger partial charge in [-0.3, -0.25) is 14.6 Å². The fourth-order valence-corrected chi connectivity index (χ4v) is 5.17. The van der Waals surface area contributed by atoms with Gasteiger partial charge in [0.05, 0.1) is 11.4 Å².